The van der Waals surface area contributed by atoms with Crippen LogP contribution in [0.15, 0.2) is 18.2 Å². The van der Waals surface area contributed by atoms with Gasteiger partial charge in [0, 0.05) is 10.7 Å². The third-order valence-electron chi connectivity index (χ3n) is 6.51. The predicted molar refractivity (Wildman–Crippen MR) is 105 cm³/mol. The highest BCUT2D eigenvalue weighted by Gasteiger charge is 2.62. The molecule has 3 amide bonds. The molecule has 1 aliphatic heterocycles. The van der Waals surface area contributed by atoms with Crippen LogP contribution in [-0.4, -0.2) is 41.2 Å². The number of hydrogen-bond acceptors (Lipinski definition) is 5. The maximum Gasteiger partial charge on any atom is 0.329 e. The van der Waals surface area contributed by atoms with E-state index in [0.717, 1.165) is 29.7 Å². The average molecular weight is 419 g/mol. The average Bonchev–Trinajstić information content (AvgIpc) is 3.36. The molecule has 154 valence electrons. The number of likely N-dealkylation sites (tertiary alicyclic amines) is 1. The van der Waals surface area contributed by atoms with E-state index in [0.29, 0.717) is 10.7 Å². The van der Waals surface area contributed by atoms with E-state index in [2.05, 4.69) is 5.32 Å². The van der Waals surface area contributed by atoms with Gasteiger partial charge in [-0.25, -0.2) is 4.79 Å². The number of nitrogens with zero attached hydrogens (tertiary/aromatic N) is 1. The molecule has 0 radical (unpaired) electrons. The van der Waals surface area contributed by atoms with Gasteiger partial charge >= 0.3 is 5.97 Å². The molecule has 2 aliphatic carbocycles. The SMILES string of the molecule is Cc1ccc(Cl)cc1NC(=O)COC(=O)[C@@H](C)N1C(=O)[C@@H]2[C@@H]3CC[C@H](C3)[C@@H]2C1=O. The van der Waals surface area contributed by atoms with Crippen LogP contribution in [-0.2, 0) is 23.9 Å². The van der Waals surface area contributed by atoms with Gasteiger partial charge in [0.05, 0.1) is 11.8 Å². The van der Waals surface area contributed by atoms with Gasteiger partial charge in [-0.1, -0.05) is 17.7 Å². The maximum atomic E-state index is 12.8. The first-order valence-corrected chi connectivity index (χ1v) is 10.2. The van der Waals surface area contributed by atoms with Crippen LogP contribution in [0.1, 0.15) is 31.7 Å². The zero-order valence-corrected chi connectivity index (χ0v) is 17.1. The quantitative estimate of drug-likeness (QED) is 0.586. The number of benzene rings is 1. The lowest BCUT2D eigenvalue weighted by Gasteiger charge is -2.23. The van der Waals surface area contributed by atoms with Crippen molar-refractivity contribution in [3.8, 4) is 0 Å². The molecule has 5 atom stereocenters. The number of rotatable bonds is 5. The first-order chi connectivity index (χ1) is 13.8. The first-order valence-electron chi connectivity index (χ1n) is 9.87. The number of hydrogen-bond donors (Lipinski definition) is 1. The molecule has 3 fully saturated rings. The van der Waals surface area contributed by atoms with Crippen molar-refractivity contribution in [1.29, 1.82) is 0 Å². The van der Waals surface area contributed by atoms with Gasteiger partial charge in [0.2, 0.25) is 11.8 Å². The Morgan fingerprint density at radius 3 is 2.45 bits per heavy atom. The third kappa shape index (κ3) is 3.41. The molecule has 29 heavy (non-hydrogen) atoms. The van der Waals surface area contributed by atoms with E-state index in [1.54, 1.807) is 18.2 Å². The Hall–Kier alpha value is -2.41. The Labute approximate surface area is 173 Å². The smallest absolute Gasteiger partial charge is 0.329 e. The Morgan fingerprint density at radius 1 is 1.21 bits per heavy atom. The number of anilines is 1. The van der Waals surface area contributed by atoms with E-state index in [4.69, 9.17) is 16.3 Å². The molecule has 0 spiro atoms. The molecule has 0 unspecified atom stereocenters. The van der Waals surface area contributed by atoms with E-state index < -0.39 is 24.5 Å². The molecule has 8 heteroatoms. The summed E-state index contributed by atoms with van der Waals surface area (Å²) >= 11 is 5.93. The topological polar surface area (TPSA) is 92.8 Å². The molecule has 3 aliphatic rings. The van der Waals surface area contributed by atoms with Gasteiger partial charge < -0.3 is 10.1 Å². The third-order valence-corrected chi connectivity index (χ3v) is 6.74. The number of nitrogens with one attached hydrogen (secondary N) is 1. The van der Waals surface area contributed by atoms with Crippen molar-refractivity contribution in [3.05, 3.63) is 28.8 Å². The normalized spacial score (nSPS) is 28.4. The molecule has 7 nitrogen and oxygen atoms in total. The molecular formula is C21H23ClN2O5. The summed E-state index contributed by atoms with van der Waals surface area (Å²) in [5.41, 5.74) is 1.34. The molecule has 2 bridgehead atoms. The molecular weight excluding hydrogens is 396 g/mol. The number of carbonyl (C=O) groups is 4. The van der Waals surface area contributed by atoms with Crippen molar-refractivity contribution >= 4 is 41.0 Å². The summed E-state index contributed by atoms with van der Waals surface area (Å²) in [4.78, 5) is 51.2. The molecule has 4 rings (SSSR count). The Kier molecular flexibility index (Phi) is 5.11. The number of fused-ring (bicyclic) bond motifs is 5. The fourth-order valence-corrected chi connectivity index (χ4v) is 5.26. The molecule has 1 heterocycles. The lowest BCUT2D eigenvalue weighted by atomic mass is 9.81. The number of ether oxygens (including phenoxy) is 1. The van der Waals surface area contributed by atoms with Gasteiger partial charge in [0.15, 0.2) is 6.61 Å². The number of imide groups is 1. The zero-order chi connectivity index (χ0) is 20.9. The highest BCUT2D eigenvalue weighted by Crippen LogP contribution is 2.56. The Bertz CT molecular complexity index is 873. The largest absolute Gasteiger partial charge is 0.454 e. The number of halogens is 1. The monoisotopic (exact) mass is 418 g/mol. The van der Waals surface area contributed by atoms with Crippen LogP contribution in [0.2, 0.25) is 5.02 Å². The summed E-state index contributed by atoms with van der Waals surface area (Å²) in [6, 6.07) is 4.04. The zero-order valence-electron chi connectivity index (χ0n) is 16.3. The van der Waals surface area contributed by atoms with Crippen LogP contribution < -0.4 is 5.32 Å². The minimum absolute atomic E-state index is 0.251. The fraction of sp³-hybridized carbons (Fsp3) is 0.524. The van der Waals surface area contributed by atoms with Gasteiger partial charge in [-0.2, -0.15) is 0 Å². The summed E-state index contributed by atoms with van der Waals surface area (Å²) < 4.78 is 5.08. The highest BCUT2D eigenvalue weighted by atomic mass is 35.5. The van der Waals surface area contributed by atoms with Gasteiger partial charge in [-0.3, -0.25) is 19.3 Å². The van der Waals surface area contributed by atoms with Crippen molar-refractivity contribution < 1.29 is 23.9 Å². The van der Waals surface area contributed by atoms with Crippen molar-refractivity contribution in [2.75, 3.05) is 11.9 Å². The summed E-state index contributed by atoms with van der Waals surface area (Å²) in [5.74, 6) is -1.90. The summed E-state index contributed by atoms with van der Waals surface area (Å²) in [6.45, 7) is 2.78. The van der Waals surface area contributed by atoms with Gasteiger partial charge in [-0.15, -0.1) is 0 Å². The van der Waals surface area contributed by atoms with Gasteiger partial charge in [0.25, 0.3) is 5.91 Å². The number of aryl methyl sites for hydroxylation is 1. The molecule has 0 aromatic heterocycles. The molecule has 1 aromatic rings. The lowest BCUT2D eigenvalue weighted by Crippen LogP contribution is -2.45. The van der Waals surface area contributed by atoms with Crippen molar-refractivity contribution in [2.45, 2.75) is 39.2 Å². The van der Waals surface area contributed by atoms with Crippen LogP contribution in [0, 0.1) is 30.6 Å². The van der Waals surface area contributed by atoms with Crippen LogP contribution in [0.3, 0.4) is 0 Å². The van der Waals surface area contributed by atoms with Crippen LogP contribution in [0.4, 0.5) is 5.69 Å². The Morgan fingerprint density at radius 2 is 1.83 bits per heavy atom. The second kappa shape index (κ2) is 7.44. The van der Waals surface area contributed by atoms with Crippen LogP contribution in [0.5, 0.6) is 0 Å². The van der Waals surface area contributed by atoms with Crippen molar-refractivity contribution in [3.63, 3.8) is 0 Å². The number of amides is 3. The number of carbonyl (C=O) groups excluding carboxylic acids is 4. The van der Waals surface area contributed by atoms with E-state index in [-0.39, 0.29) is 35.5 Å². The summed E-state index contributed by atoms with van der Waals surface area (Å²) in [7, 11) is 0. The predicted octanol–water partition coefficient (Wildman–Crippen LogP) is 2.55. The second-order valence-electron chi connectivity index (χ2n) is 8.22. The summed E-state index contributed by atoms with van der Waals surface area (Å²) in [5, 5.41) is 3.11. The van der Waals surface area contributed by atoms with Gasteiger partial charge in [0.1, 0.15) is 6.04 Å². The molecule has 1 aromatic carbocycles. The van der Waals surface area contributed by atoms with Crippen molar-refractivity contribution in [2.24, 2.45) is 23.7 Å². The molecule has 1 saturated heterocycles. The van der Waals surface area contributed by atoms with E-state index >= 15 is 0 Å². The van der Waals surface area contributed by atoms with E-state index in [1.807, 2.05) is 6.92 Å². The second-order valence-corrected chi connectivity index (χ2v) is 8.66. The molecule has 2 saturated carbocycles. The van der Waals surface area contributed by atoms with Crippen LogP contribution in [0.25, 0.3) is 0 Å². The van der Waals surface area contributed by atoms with Crippen LogP contribution >= 0.6 is 11.6 Å². The van der Waals surface area contributed by atoms with Gasteiger partial charge in [-0.05, 0) is 62.6 Å². The highest BCUT2D eigenvalue weighted by molar-refractivity contribution is 6.31. The standard InChI is InChI=1S/C21H23ClN2O5/c1-10-3-6-14(22)8-15(10)23-16(25)9-29-21(28)11(2)24-19(26)17-12-4-5-13(7-12)18(17)20(24)27/h3,6,8,11-13,17-18H,4-5,7,9H2,1-2H3,(H,23,25)/t11-,12-,13-,17-,18+/m1/s1. The molecule has 1 N–H and O–H groups in total. The minimum Gasteiger partial charge on any atom is -0.454 e. The summed E-state index contributed by atoms with van der Waals surface area (Å²) in [6.07, 6.45) is 2.88. The van der Waals surface area contributed by atoms with E-state index in [1.165, 1.54) is 6.92 Å². The van der Waals surface area contributed by atoms with E-state index in [9.17, 15) is 19.2 Å². The lowest BCUT2D eigenvalue weighted by molar-refractivity contribution is -0.159. The van der Waals surface area contributed by atoms with Crippen molar-refractivity contribution in [1.82, 2.24) is 4.90 Å². The first kappa shape index (κ1) is 19.9. The number of esters is 1. The fourth-order valence-electron chi connectivity index (χ4n) is 5.09. The minimum atomic E-state index is -1.04. The maximum absolute atomic E-state index is 12.8. The Balaban J connectivity index is 1.35.